The third kappa shape index (κ3) is 1.83. The van der Waals surface area contributed by atoms with Crippen LogP contribution in [0.1, 0.15) is 77.0 Å². The molecule has 6 bridgehead atoms. The number of fused-ring (bicyclic) bond motifs is 6. The predicted molar refractivity (Wildman–Crippen MR) is 93.3 cm³/mol. The average Bonchev–Trinajstić information content (AvgIpc) is 3.32. The molecule has 1 radical (unpaired) electrons. The fourth-order valence-corrected chi connectivity index (χ4v) is 9.25. The van der Waals surface area contributed by atoms with Crippen molar-refractivity contribution >= 4 is 6.71 Å². The first-order valence-corrected chi connectivity index (χ1v) is 10.8. The van der Waals surface area contributed by atoms with Gasteiger partial charge in [0.25, 0.3) is 0 Å². The summed E-state index contributed by atoms with van der Waals surface area (Å²) in [5.41, 5.74) is 0. The molecule has 9 atom stereocenters. The van der Waals surface area contributed by atoms with E-state index >= 15 is 0 Å². The van der Waals surface area contributed by atoms with Crippen LogP contribution in [0.4, 0.5) is 0 Å². The molecule has 0 saturated heterocycles. The lowest BCUT2D eigenvalue weighted by Gasteiger charge is -2.54. The van der Waals surface area contributed by atoms with Gasteiger partial charge in [0.15, 0.2) is 0 Å². The molecule has 0 aromatic rings. The zero-order chi connectivity index (χ0) is 14.3. The van der Waals surface area contributed by atoms with E-state index in [-0.39, 0.29) is 0 Å². The molecule has 6 aliphatic rings. The summed E-state index contributed by atoms with van der Waals surface area (Å²) in [6, 6.07) is 0. The van der Waals surface area contributed by atoms with Gasteiger partial charge in [-0.2, -0.15) is 17.5 Å². The Labute approximate surface area is 137 Å². The van der Waals surface area contributed by atoms with E-state index in [9.17, 15) is 0 Å². The van der Waals surface area contributed by atoms with Gasteiger partial charge in [0, 0.05) is 0 Å². The summed E-state index contributed by atoms with van der Waals surface area (Å²) < 4.78 is 0. The summed E-state index contributed by atoms with van der Waals surface area (Å²) in [5.74, 6) is 10.6. The van der Waals surface area contributed by atoms with E-state index in [4.69, 9.17) is 0 Å². The quantitative estimate of drug-likeness (QED) is 0.556. The van der Waals surface area contributed by atoms with E-state index in [0.29, 0.717) is 0 Å². The van der Waals surface area contributed by atoms with Crippen LogP contribution in [0.15, 0.2) is 0 Å². The smallest absolute Gasteiger partial charge is 0.0441 e. The van der Waals surface area contributed by atoms with Crippen LogP contribution in [0.3, 0.4) is 0 Å². The second-order valence-corrected chi connectivity index (χ2v) is 10.6. The number of hydrogen-bond acceptors (Lipinski definition) is 0. The van der Waals surface area contributed by atoms with Crippen molar-refractivity contribution in [2.75, 3.05) is 0 Å². The molecule has 0 heterocycles. The molecule has 6 fully saturated rings. The summed E-state index contributed by atoms with van der Waals surface area (Å²) in [5, 5.41) is 0. The second-order valence-electron chi connectivity index (χ2n) is 10.6. The van der Waals surface area contributed by atoms with Crippen molar-refractivity contribution in [3.63, 3.8) is 0 Å². The van der Waals surface area contributed by atoms with Gasteiger partial charge in [-0.15, -0.1) is 6.71 Å². The molecular formula is C21H33B-. The van der Waals surface area contributed by atoms with Crippen molar-refractivity contribution in [1.29, 1.82) is 0 Å². The van der Waals surface area contributed by atoms with Crippen molar-refractivity contribution in [2.24, 2.45) is 35.5 Å². The standard InChI is InChI=1S/C21H33B/c1-4-16-7-13(1)10-19(16)22(20-11-14-2-5-17(20)8-14)21-12-15-3-6-18(21)9-15/h13-21H,1-12H2/q-1/t13-,14-,15+,16+,17+,18-,19+,20+,21+/m0/s1. The van der Waals surface area contributed by atoms with Crippen LogP contribution in [-0.4, -0.2) is 6.71 Å². The molecule has 0 N–H and O–H groups in total. The maximum absolute atomic E-state index is 1.66. The van der Waals surface area contributed by atoms with Crippen LogP contribution < -0.4 is 0 Å². The third-order valence-electron chi connectivity index (χ3n) is 9.86. The first kappa shape index (κ1) is 13.4. The van der Waals surface area contributed by atoms with Gasteiger partial charge in [0.1, 0.15) is 0 Å². The SMILES string of the molecule is C1C[C@H]2C[C@@H]1C[C@H]2[B-]([C@@H]1C[C@H]2CC[C@@H]1C2)[C@@H]1C[C@H]2CC[C@@H]1C2. The Bertz CT molecular complexity index is 392. The molecule has 22 heavy (non-hydrogen) atoms. The molecule has 0 aromatic carbocycles. The Morgan fingerprint density at radius 1 is 0.409 bits per heavy atom. The van der Waals surface area contributed by atoms with Gasteiger partial charge in [-0.1, -0.05) is 94.8 Å². The fraction of sp³-hybridized carbons (Fsp3) is 1.00. The van der Waals surface area contributed by atoms with Crippen LogP contribution in [0.25, 0.3) is 0 Å². The minimum atomic E-state index is 1.16. The average molecular weight is 296 g/mol. The normalized spacial score (nSPS) is 58.5. The summed E-state index contributed by atoms with van der Waals surface area (Å²) in [4.78, 5) is 0. The molecule has 0 aliphatic heterocycles. The first-order valence-electron chi connectivity index (χ1n) is 10.8. The highest BCUT2D eigenvalue weighted by Crippen LogP contribution is 2.66. The van der Waals surface area contributed by atoms with Crippen LogP contribution in [0, 0.1) is 35.5 Å². The Balaban J connectivity index is 1.32. The molecule has 0 aromatic heterocycles. The summed E-state index contributed by atoms with van der Waals surface area (Å²) in [7, 11) is 0. The summed E-state index contributed by atoms with van der Waals surface area (Å²) >= 11 is 0. The van der Waals surface area contributed by atoms with Gasteiger partial charge in [0.2, 0.25) is 0 Å². The molecular weight excluding hydrogens is 263 g/mol. The van der Waals surface area contributed by atoms with Gasteiger partial charge >= 0.3 is 0 Å². The van der Waals surface area contributed by atoms with Gasteiger partial charge in [-0.3, -0.25) is 0 Å². The van der Waals surface area contributed by atoms with Crippen LogP contribution in [0.5, 0.6) is 0 Å². The minimum absolute atomic E-state index is 1.16. The zero-order valence-corrected chi connectivity index (χ0v) is 14.3. The van der Waals surface area contributed by atoms with E-state index in [1.807, 2.05) is 0 Å². The predicted octanol–water partition coefficient (Wildman–Crippen LogP) is 6.05. The maximum Gasteiger partial charge on any atom is -0.0441 e. The van der Waals surface area contributed by atoms with Crippen molar-refractivity contribution in [3.05, 3.63) is 0 Å². The second kappa shape index (κ2) is 4.79. The number of hydrogen-bond donors (Lipinski definition) is 0. The lowest BCUT2D eigenvalue weighted by molar-refractivity contribution is 0.405. The molecule has 1 heteroatoms. The Morgan fingerprint density at radius 2 is 0.773 bits per heavy atom. The van der Waals surface area contributed by atoms with Crippen molar-refractivity contribution < 1.29 is 0 Å². The van der Waals surface area contributed by atoms with Crippen molar-refractivity contribution in [1.82, 2.24) is 0 Å². The molecule has 0 amide bonds. The van der Waals surface area contributed by atoms with E-state index in [1.54, 1.807) is 77.0 Å². The molecule has 0 nitrogen and oxygen atoms in total. The zero-order valence-electron chi connectivity index (χ0n) is 14.3. The Kier molecular flexibility index (Phi) is 2.91. The van der Waals surface area contributed by atoms with Crippen LogP contribution >= 0.6 is 0 Å². The highest BCUT2D eigenvalue weighted by molar-refractivity contribution is 6.64. The third-order valence-corrected chi connectivity index (χ3v) is 9.86. The molecule has 121 valence electrons. The molecule has 6 saturated carbocycles. The van der Waals surface area contributed by atoms with E-state index in [1.165, 1.54) is 41.9 Å². The van der Waals surface area contributed by atoms with Crippen LogP contribution in [-0.2, 0) is 0 Å². The van der Waals surface area contributed by atoms with E-state index in [2.05, 4.69) is 0 Å². The van der Waals surface area contributed by atoms with Gasteiger partial charge in [0.05, 0.1) is 0 Å². The van der Waals surface area contributed by atoms with Gasteiger partial charge in [-0.05, 0) is 17.8 Å². The van der Waals surface area contributed by atoms with Crippen LogP contribution in [0.2, 0.25) is 17.5 Å². The molecule has 0 spiro atoms. The largest absolute Gasteiger partial charge is 0.193 e. The highest BCUT2D eigenvalue weighted by atomic mass is 14.5. The lowest BCUT2D eigenvalue weighted by atomic mass is 9.23. The highest BCUT2D eigenvalue weighted by Gasteiger charge is 2.49. The maximum atomic E-state index is 1.66. The fourth-order valence-electron chi connectivity index (χ4n) is 9.25. The molecule has 0 unspecified atom stereocenters. The summed E-state index contributed by atoms with van der Waals surface area (Å²) in [6.45, 7) is 1.20. The molecule has 6 rings (SSSR count). The lowest BCUT2D eigenvalue weighted by Crippen LogP contribution is -2.39. The Hall–Kier alpha value is 0.0649. The minimum Gasteiger partial charge on any atom is -0.193 e. The van der Waals surface area contributed by atoms with Gasteiger partial charge < -0.3 is 0 Å². The number of rotatable bonds is 3. The first-order chi connectivity index (χ1) is 10.8. The van der Waals surface area contributed by atoms with Gasteiger partial charge in [-0.25, -0.2) is 0 Å². The van der Waals surface area contributed by atoms with Crippen molar-refractivity contribution in [2.45, 2.75) is 94.5 Å². The Morgan fingerprint density at radius 3 is 1.00 bits per heavy atom. The molecule has 6 aliphatic carbocycles. The topological polar surface area (TPSA) is 0 Å². The van der Waals surface area contributed by atoms with E-state index < -0.39 is 0 Å². The van der Waals surface area contributed by atoms with Crippen molar-refractivity contribution in [3.8, 4) is 0 Å². The van der Waals surface area contributed by atoms with E-state index in [0.717, 1.165) is 17.8 Å². The summed E-state index contributed by atoms with van der Waals surface area (Å²) in [6.07, 6.45) is 19.6. The monoisotopic (exact) mass is 296 g/mol.